The molecule has 0 saturated carbocycles. The van der Waals surface area contributed by atoms with Crippen LogP contribution in [0.5, 0.6) is 5.75 Å². The lowest BCUT2D eigenvalue weighted by Gasteiger charge is -2.22. The van der Waals surface area contributed by atoms with Crippen molar-refractivity contribution in [3.05, 3.63) is 47.7 Å². The van der Waals surface area contributed by atoms with Crippen molar-refractivity contribution in [2.45, 2.75) is 25.6 Å². The Hall–Kier alpha value is -1.74. The number of methoxy groups -OCH3 is 1. The van der Waals surface area contributed by atoms with Crippen molar-refractivity contribution in [3.63, 3.8) is 0 Å². The van der Waals surface area contributed by atoms with Crippen LogP contribution in [-0.4, -0.2) is 19.1 Å². The highest BCUT2D eigenvalue weighted by Crippen LogP contribution is 2.32. The second-order valence-corrected chi connectivity index (χ2v) is 5.21. The van der Waals surface area contributed by atoms with Crippen LogP contribution in [0.2, 0.25) is 0 Å². The number of aryl methyl sites for hydroxylation is 1. The van der Waals surface area contributed by atoms with Crippen LogP contribution in [0.3, 0.4) is 0 Å². The summed E-state index contributed by atoms with van der Waals surface area (Å²) in [7, 11) is 3.67. The third-order valence-corrected chi connectivity index (χ3v) is 3.68. The number of aromatic nitrogens is 1. The summed E-state index contributed by atoms with van der Waals surface area (Å²) in [4.78, 5) is 6.77. The van der Waals surface area contributed by atoms with Gasteiger partial charge in [0.25, 0.3) is 0 Å². The van der Waals surface area contributed by atoms with E-state index in [2.05, 4.69) is 13.0 Å². The first-order chi connectivity index (χ1) is 10.2. The third kappa shape index (κ3) is 3.67. The van der Waals surface area contributed by atoms with Gasteiger partial charge in [0.2, 0.25) is 0 Å². The minimum atomic E-state index is 0.492. The number of pyridine rings is 1. The van der Waals surface area contributed by atoms with Gasteiger partial charge in [-0.3, -0.25) is 0 Å². The van der Waals surface area contributed by atoms with Crippen LogP contribution in [0.25, 0.3) is 0 Å². The van der Waals surface area contributed by atoms with Crippen molar-refractivity contribution in [3.8, 4) is 5.75 Å². The summed E-state index contributed by atoms with van der Waals surface area (Å²) in [6.45, 7) is 2.15. The van der Waals surface area contributed by atoms with Gasteiger partial charge in [0.05, 0.1) is 12.8 Å². The fourth-order valence-electron chi connectivity index (χ4n) is 2.30. The summed E-state index contributed by atoms with van der Waals surface area (Å²) >= 11 is 6.01. The normalized spacial score (nSPS) is 10.5. The zero-order chi connectivity index (χ0) is 15.2. The SMILES string of the molecule is CCCc1cc(CCl)cc(N(C)c2ccccc2OC)n1. The van der Waals surface area contributed by atoms with E-state index in [1.54, 1.807) is 7.11 Å². The predicted octanol–water partition coefficient (Wildman–Crippen LogP) is 4.55. The van der Waals surface area contributed by atoms with Gasteiger partial charge in [-0.1, -0.05) is 25.5 Å². The minimum Gasteiger partial charge on any atom is -0.495 e. The van der Waals surface area contributed by atoms with Crippen LogP contribution >= 0.6 is 11.6 Å². The average Bonchev–Trinajstić information content (AvgIpc) is 2.54. The quantitative estimate of drug-likeness (QED) is 0.732. The van der Waals surface area contributed by atoms with E-state index in [0.29, 0.717) is 5.88 Å². The largest absolute Gasteiger partial charge is 0.495 e. The van der Waals surface area contributed by atoms with Crippen molar-refractivity contribution in [2.24, 2.45) is 0 Å². The summed E-state index contributed by atoms with van der Waals surface area (Å²) < 4.78 is 5.43. The number of para-hydroxylation sites is 2. The number of nitrogens with zero attached hydrogens (tertiary/aromatic N) is 2. The number of benzene rings is 1. The Morgan fingerprint density at radius 1 is 1.24 bits per heavy atom. The van der Waals surface area contributed by atoms with Gasteiger partial charge < -0.3 is 9.64 Å². The lowest BCUT2D eigenvalue weighted by molar-refractivity contribution is 0.415. The zero-order valence-corrected chi connectivity index (χ0v) is 13.5. The molecule has 0 unspecified atom stereocenters. The average molecular weight is 305 g/mol. The molecule has 0 aliphatic rings. The second-order valence-electron chi connectivity index (χ2n) is 4.94. The van der Waals surface area contributed by atoms with E-state index in [4.69, 9.17) is 21.3 Å². The molecule has 0 aliphatic heterocycles. The summed E-state index contributed by atoms with van der Waals surface area (Å²) in [5.41, 5.74) is 3.15. The molecule has 0 N–H and O–H groups in total. The van der Waals surface area contributed by atoms with Crippen molar-refractivity contribution >= 4 is 23.1 Å². The molecule has 2 aromatic rings. The molecule has 0 atom stereocenters. The van der Waals surface area contributed by atoms with Gasteiger partial charge in [0.15, 0.2) is 0 Å². The van der Waals surface area contributed by atoms with Gasteiger partial charge in [-0.25, -0.2) is 4.98 Å². The molecule has 3 nitrogen and oxygen atoms in total. The first kappa shape index (κ1) is 15.6. The lowest BCUT2D eigenvalue weighted by Crippen LogP contribution is -2.13. The zero-order valence-electron chi connectivity index (χ0n) is 12.8. The fraction of sp³-hybridized carbons (Fsp3) is 0.353. The van der Waals surface area contributed by atoms with Crippen LogP contribution in [0, 0.1) is 0 Å². The van der Waals surface area contributed by atoms with E-state index in [0.717, 1.165) is 41.4 Å². The highest BCUT2D eigenvalue weighted by atomic mass is 35.5. The standard InChI is InChI=1S/C17H21ClN2O/c1-4-7-14-10-13(12-18)11-17(19-14)20(2)15-8-5-6-9-16(15)21-3/h5-6,8-11H,4,7,12H2,1-3H3. The highest BCUT2D eigenvalue weighted by Gasteiger charge is 2.12. The van der Waals surface area contributed by atoms with Gasteiger partial charge in [-0.15, -0.1) is 11.6 Å². The van der Waals surface area contributed by atoms with Crippen LogP contribution in [0.1, 0.15) is 24.6 Å². The number of hydrogen-bond donors (Lipinski definition) is 0. The number of hydrogen-bond acceptors (Lipinski definition) is 3. The molecule has 0 saturated heterocycles. The number of ether oxygens (including phenoxy) is 1. The molecule has 4 heteroatoms. The van der Waals surface area contributed by atoms with Crippen LogP contribution in [0.15, 0.2) is 36.4 Å². The molecular formula is C17H21ClN2O. The molecule has 1 aromatic carbocycles. The van der Waals surface area contributed by atoms with E-state index in [-0.39, 0.29) is 0 Å². The number of halogens is 1. The van der Waals surface area contributed by atoms with E-state index in [1.165, 1.54) is 0 Å². The lowest BCUT2D eigenvalue weighted by atomic mass is 10.1. The Labute approximate surface area is 131 Å². The third-order valence-electron chi connectivity index (χ3n) is 3.38. The van der Waals surface area contributed by atoms with Gasteiger partial charge >= 0.3 is 0 Å². The highest BCUT2D eigenvalue weighted by molar-refractivity contribution is 6.17. The Morgan fingerprint density at radius 3 is 2.67 bits per heavy atom. The molecule has 0 aliphatic carbocycles. The molecule has 112 valence electrons. The number of alkyl halides is 1. The molecule has 1 aromatic heterocycles. The van der Waals surface area contributed by atoms with Crippen LogP contribution in [0.4, 0.5) is 11.5 Å². The Balaban J connectivity index is 2.42. The van der Waals surface area contributed by atoms with Crippen molar-refractivity contribution < 1.29 is 4.74 Å². The Kier molecular flexibility index (Phi) is 5.45. The molecule has 0 amide bonds. The molecule has 0 radical (unpaired) electrons. The molecular weight excluding hydrogens is 284 g/mol. The Bertz CT molecular complexity index is 601. The smallest absolute Gasteiger partial charge is 0.142 e. The minimum absolute atomic E-state index is 0.492. The van der Waals surface area contributed by atoms with E-state index in [9.17, 15) is 0 Å². The summed E-state index contributed by atoms with van der Waals surface area (Å²) in [6.07, 6.45) is 2.02. The topological polar surface area (TPSA) is 25.4 Å². The molecule has 0 fully saturated rings. The maximum absolute atomic E-state index is 6.01. The van der Waals surface area contributed by atoms with Gasteiger partial charge in [-0.05, 0) is 36.2 Å². The molecule has 0 spiro atoms. The predicted molar refractivity (Wildman–Crippen MR) is 88.8 cm³/mol. The first-order valence-electron chi connectivity index (χ1n) is 7.12. The van der Waals surface area contributed by atoms with Crippen LogP contribution in [-0.2, 0) is 12.3 Å². The van der Waals surface area contributed by atoms with Gasteiger partial charge in [-0.2, -0.15) is 0 Å². The van der Waals surface area contributed by atoms with Crippen molar-refractivity contribution in [1.82, 2.24) is 4.98 Å². The summed E-state index contributed by atoms with van der Waals surface area (Å²) in [5.74, 6) is 2.21. The van der Waals surface area contributed by atoms with Gasteiger partial charge in [0, 0.05) is 18.6 Å². The maximum Gasteiger partial charge on any atom is 0.142 e. The first-order valence-corrected chi connectivity index (χ1v) is 7.65. The van der Waals surface area contributed by atoms with Crippen LogP contribution < -0.4 is 9.64 Å². The van der Waals surface area contributed by atoms with E-state index < -0.39 is 0 Å². The summed E-state index contributed by atoms with van der Waals surface area (Å²) in [6, 6.07) is 12.0. The summed E-state index contributed by atoms with van der Waals surface area (Å²) in [5, 5.41) is 0. The van der Waals surface area contributed by atoms with E-state index in [1.807, 2.05) is 42.3 Å². The molecule has 1 heterocycles. The van der Waals surface area contributed by atoms with Gasteiger partial charge in [0.1, 0.15) is 11.6 Å². The molecule has 0 bridgehead atoms. The van der Waals surface area contributed by atoms with Crippen molar-refractivity contribution in [1.29, 1.82) is 0 Å². The Morgan fingerprint density at radius 2 is 2.00 bits per heavy atom. The maximum atomic E-state index is 6.01. The number of anilines is 2. The van der Waals surface area contributed by atoms with Crippen molar-refractivity contribution in [2.75, 3.05) is 19.1 Å². The monoisotopic (exact) mass is 304 g/mol. The molecule has 21 heavy (non-hydrogen) atoms. The number of rotatable bonds is 6. The van der Waals surface area contributed by atoms with E-state index >= 15 is 0 Å². The molecule has 2 rings (SSSR count). The second kappa shape index (κ2) is 7.32. The fourth-order valence-corrected chi connectivity index (χ4v) is 2.45.